The molecule has 0 aromatic carbocycles. The topological polar surface area (TPSA) is 201 Å². The summed E-state index contributed by atoms with van der Waals surface area (Å²) in [5.74, 6) is -5.42. The van der Waals surface area contributed by atoms with Crippen LogP contribution in [0.15, 0.2) is 0 Å². The Hall–Kier alpha value is -1.64. The van der Waals surface area contributed by atoms with E-state index in [4.69, 9.17) is 49.5 Å². The predicted molar refractivity (Wildman–Crippen MR) is 53.4 cm³/mol. The van der Waals surface area contributed by atoms with E-state index in [9.17, 15) is 0 Å². The van der Waals surface area contributed by atoms with Crippen molar-refractivity contribution in [1.82, 2.24) is 0 Å². The third-order valence-corrected chi connectivity index (χ3v) is 0. The fourth-order valence-electron chi connectivity index (χ4n) is 0. The second kappa shape index (κ2) is 36.6. The van der Waals surface area contributed by atoms with Crippen LogP contribution in [-0.4, -0.2) is 29.8 Å². The minimum atomic E-state index is -1.08. The Bertz CT molecular complexity index is 214. The average molecular weight is 413 g/mol. The van der Waals surface area contributed by atoms with Gasteiger partial charge < -0.3 is 49.5 Å². The third kappa shape index (κ3) is 2070. The molecule has 0 spiro atoms. The largest absolute Gasteiger partial charge is 3.00 e. The van der Waals surface area contributed by atoms with Gasteiger partial charge in [-0.2, -0.15) is 0 Å². The minimum Gasteiger partial charge on any atom is -0.550 e. The molecular formula is C10H15Co2O10. The SMILES string of the molecule is CC(=O)[O-].CC(=O)[O-].CC(=O)[O-].CC(=O)[O-].CC(=O)[O-].[Co+2].[Co+3]. The number of carbonyl (C=O) groups excluding carboxylic acids is 5. The first-order valence-electron chi connectivity index (χ1n) is 4.54. The van der Waals surface area contributed by atoms with Crippen molar-refractivity contribution in [2.75, 3.05) is 0 Å². The van der Waals surface area contributed by atoms with E-state index in [1.165, 1.54) is 0 Å². The van der Waals surface area contributed by atoms with Crippen molar-refractivity contribution in [3.63, 3.8) is 0 Å². The molecule has 0 N–H and O–H groups in total. The normalized spacial score (nSPS) is 5.68. The van der Waals surface area contributed by atoms with Crippen molar-refractivity contribution in [1.29, 1.82) is 0 Å². The number of hydrogen-bond donors (Lipinski definition) is 0. The zero-order valence-corrected chi connectivity index (χ0v) is 14.3. The zero-order valence-electron chi connectivity index (χ0n) is 12.2. The maximum atomic E-state index is 8.89. The van der Waals surface area contributed by atoms with Crippen LogP contribution in [-0.2, 0) is 57.5 Å². The van der Waals surface area contributed by atoms with Gasteiger partial charge in [0.15, 0.2) is 0 Å². The van der Waals surface area contributed by atoms with Gasteiger partial charge in [0, 0.05) is 29.8 Å². The molecule has 0 rings (SSSR count). The van der Waals surface area contributed by atoms with Crippen molar-refractivity contribution in [2.24, 2.45) is 0 Å². The molecule has 0 aliphatic carbocycles. The maximum Gasteiger partial charge on any atom is 3.00 e. The average Bonchev–Trinajstić information content (AvgIpc) is 1.94. The van der Waals surface area contributed by atoms with Crippen molar-refractivity contribution in [3.8, 4) is 0 Å². The molecule has 0 saturated heterocycles. The molecular weight excluding hydrogens is 398 g/mol. The number of rotatable bonds is 0. The first-order valence-corrected chi connectivity index (χ1v) is 4.54. The van der Waals surface area contributed by atoms with Gasteiger partial charge >= 0.3 is 33.6 Å². The van der Waals surface area contributed by atoms with Crippen LogP contribution in [0.25, 0.3) is 0 Å². The van der Waals surface area contributed by atoms with E-state index in [-0.39, 0.29) is 33.6 Å². The van der Waals surface area contributed by atoms with Gasteiger partial charge in [0.25, 0.3) is 0 Å². The Kier molecular flexibility index (Phi) is 71.1. The van der Waals surface area contributed by atoms with Crippen LogP contribution in [0.5, 0.6) is 0 Å². The van der Waals surface area contributed by atoms with Gasteiger partial charge in [0.1, 0.15) is 0 Å². The number of hydrogen-bond acceptors (Lipinski definition) is 10. The van der Waals surface area contributed by atoms with Crippen LogP contribution in [0.4, 0.5) is 0 Å². The van der Waals surface area contributed by atoms with Crippen molar-refractivity contribution >= 4 is 29.8 Å². The van der Waals surface area contributed by atoms with E-state index < -0.39 is 29.8 Å². The molecule has 12 heteroatoms. The standard InChI is InChI=1S/5C2H4O2.2Co/c5*1-2(3)4;;/h5*1H3,(H,3,4);;/q;;;;;+2;+3/p-5. The van der Waals surface area contributed by atoms with E-state index >= 15 is 0 Å². The van der Waals surface area contributed by atoms with Gasteiger partial charge in [0.2, 0.25) is 0 Å². The van der Waals surface area contributed by atoms with Crippen LogP contribution < -0.4 is 25.5 Å². The molecule has 133 valence electrons. The predicted octanol–water partition coefficient (Wildman–Crippen LogP) is -6.22. The van der Waals surface area contributed by atoms with Crippen LogP contribution in [0.2, 0.25) is 0 Å². The van der Waals surface area contributed by atoms with Crippen molar-refractivity contribution in [2.45, 2.75) is 34.6 Å². The molecule has 0 unspecified atom stereocenters. The summed E-state index contributed by atoms with van der Waals surface area (Å²) < 4.78 is 0. The Balaban J connectivity index is -0.0000000250. The molecule has 10 nitrogen and oxygen atoms in total. The summed E-state index contributed by atoms with van der Waals surface area (Å²) in [6.45, 7) is 4.86. The van der Waals surface area contributed by atoms with Gasteiger partial charge in [-0.3, -0.25) is 0 Å². The van der Waals surface area contributed by atoms with Crippen LogP contribution in [0.3, 0.4) is 0 Å². The van der Waals surface area contributed by atoms with Crippen LogP contribution in [0, 0.1) is 0 Å². The summed E-state index contributed by atoms with van der Waals surface area (Å²) >= 11 is 0. The first kappa shape index (κ1) is 42.8. The van der Waals surface area contributed by atoms with Gasteiger partial charge in [-0.15, -0.1) is 0 Å². The molecule has 0 aromatic rings. The van der Waals surface area contributed by atoms with Gasteiger partial charge in [-0.05, 0) is 34.6 Å². The fraction of sp³-hybridized carbons (Fsp3) is 0.500. The van der Waals surface area contributed by atoms with Crippen molar-refractivity contribution < 1.29 is 83.1 Å². The Labute approximate surface area is 147 Å². The van der Waals surface area contributed by atoms with E-state index in [0.29, 0.717) is 0 Å². The molecule has 0 bridgehead atoms. The van der Waals surface area contributed by atoms with Crippen LogP contribution in [0.1, 0.15) is 34.6 Å². The Morgan fingerprint density at radius 2 is 0.455 bits per heavy atom. The Morgan fingerprint density at radius 3 is 0.455 bits per heavy atom. The molecule has 0 fully saturated rings. The molecule has 0 aromatic heterocycles. The monoisotopic (exact) mass is 413 g/mol. The number of aliphatic carboxylic acids is 5. The summed E-state index contributed by atoms with van der Waals surface area (Å²) in [4.78, 5) is 44.4. The zero-order chi connectivity index (χ0) is 17.9. The van der Waals surface area contributed by atoms with E-state index in [2.05, 4.69) is 0 Å². The van der Waals surface area contributed by atoms with Gasteiger partial charge in [-0.25, -0.2) is 0 Å². The number of carboxylic acid groups (broad SMARTS) is 5. The van der Waals surface area contributed by atoms with E-state index in [0.717, 1.165) is 34.6 Å². The molecule has 1 radical (unpaired) electrons. The molecule has 22 heavy (non-hydrogen) atoms. The molecule has 0 amide bonds. The second-order valence-corrected chi connectivity index (χ2v) is 2.46. The minimum absolute atomic E-state index is 0. The van der Waals surface area contributed by atoms with Gasteiger partial charge in [-0.1, -0.05) is 0 Å². The van der Waals surface area contributed by atoms with E-state index in [1.807, 2.05) is 0 Å². The second-order valence-electron chi connectivity index (χ2n) is 2.46. The summed E-state index contributed by atoms with van der Waals surface area (Å²) in [5, 5.41) is 44.4. The molecule has 0 heterocycles. The smallest absolute Gasteiger partial charge is 0.550 e. The van der Waals surface area contributed by atoms with Gasteiger partial charge in [0.05, 0.1) is 0 Å². The molecule has 0 aliphatic rings. The molecule has 0 atom stereocenters. The summed E-state index contributed by atoms with van der Waals surface area (Å²) in [6, 6.07) is 0. The third-order valence-electron chi connectivity index (χ3n) is 0. The Morgan fingerprint density at radius 1 is 0.455 bits per heavy atom. The van der Waals surface area contributed by atoms with E-state index in [1.54, 1.807) is 0 Å². The first-order chi connectivity index (χ1) is 8.66. The maximum absolute atomic E-state index is 8.89. The number of carboxylic acids is 5. The van der Waals surface area contributed by atoms with Crippen molar-refractivity contribution in [3.05, 3.63) is 0 Å². The van der Waals surface area contributed by atoms with Crippen LogP contribution >= 0.6 is 0 Å². The molecule has 0 aliphatic heterocycles. The summed E-state index contributed by atoms with van der Waals surface area (Å²) in [6.07, 6.45) is 0. The quantitative estimate of drug-likeness (QED) is 0.368. The fourth-order valence-corrected chi connectivity index (χ4v) is 0. The molecule has 0 saturated carbocycles. The summed E-state index contributed by atoms with van der Waals surface area (Å²) in [5.41, 5.74) is 0. The number of carbonyl (C=O) groups is 5. The summed E-state index contributed by atoms with van der Waals surface area (Å²) in [7, 11) is 0.